The predicted octanol–water partition coefficient (Wildman–Crippen LogP) is 5.80. The maximum Gasteiger partial charge on any atom is 0.334 e. The highest BCUT2D eigenvalue weighted by Gasteiger charge is 2.22. The minimum atomic E-state index is -0.560. The molecule has 1 N–H and O–H groups in total. The molecule has 0 saturated heterocycles. The van der Waals surface area contributed by atoms with E-state index >= 15 is 0 Å². The molecule has 1 amide bonds. The van der Waals surface area contributed by atoms with Crippen molar-refractivity contribution in [1.82, 2.24) is 5.32 Å². The monoisotopic (exact) mass is 375 g/mol. The largest absolute Gasteiger partial charge is 0.425 e. The molecule has 1 atom stereocenters. The van der Waals surface area contributed by atoms with E-state index in [1.165, 1.54) is 38.5 Å². The van der Waals surface area contributed by atoms with Gasteiger partial charge in [-0.25, -0.2) is 4.79 Å². The van der Waals surface area contributed by atoms with E-state index < -0.39 is 6.04 Å². The van der Waals surface area contributed by atoms with Gasteiger partial charge in [-0.2, -0.15) is 0 Å². The summed E-state index contributed by atoms with van der Waals surface area (Å²) in [6.45, 7) is 4.36. The maximum atomic E-state index is 12.5. The topological polar surface area (TPSA) is 55.4 Å². The average molecular weight is 376 g/mol. The maximum absolute atomic E-state index is 12.5. The molecule has 0 aromatic heterocycles. The number of carbonyl (C=O) groups is 2. The van der Waals surface area contributed by atoms with Gasteiger partial charge in [-0.3, -0.25) is 4.79 Å². The Balaban J connectivity index is 2.48. The van der Waals surface area contributed by atoms with Crippen molar-refractivity contribution in [1.29, 1.82) is 0 Å². The van der Waals surface area contributed by atoms with E-state index in [9.17, 15) is 9.59 Å². The zero-order valence-corrected chi connectivity index (χ0v) is 17.2. The molecule has 1 unspecified atom stereocenters. The molecule has 0 radical (unpaired) electrons. The Morgan fingerprint density at radius 3 is 2.07 bits per heavy atom. The fourth-order valence-corrected chi connectivity index (χ4v) is 3.03. The normalized spacial score (nSPS) is 11.8. The number of rotatable bonds is 15. The molecule has 0 saturated carbocycles. The summed E-state index contributed by atoms with van der Waals surface area (Å²) in [6, 6.07) is 8.49. The van der Waals surface area contributed by atoms with Crippen LogP contribution < -0.4 is 10.1 Å². The van der Waals surface area contributed by atoms with E-state index in [0.717, 1.165) is 25.7 Å². The van der Waals surface area contributed by atoms with Crippen LogP contribution in [0.3, 0.4) is 0 Å². The first-order valence-corrected chi connectivity index (χ1v) is 10.7. The molecule has 0 aliphatic heterocycles. The first-order chi connectivity index (χ1) is 13.2. The number of nitrogens with one attached hydrogen (secondary N) is 1. The lowest BCUT2D eigenvalue weighted by Crippen LogP contribution is -2.43. The Labute approximate surface area is 165 Å². The third-order valence-corrected chi connectivity index (χ3v) is 4.69. The SMILES string of the molecule is CCCCCCCC(=O)NC(CCCCCCC)C(=O)Oc1ccccc1. The van der Waals surface area contributed by atoms with E-state index in [2.05, 4.69) is 19.2 Å². The van der Waals surface area contributed by atoms with E-state index in [-0.39, 0.29) is 11.9 Å². The highest BCUT2D eigenvalue weighted by Crippen LogP contribution is 2.13. The molecule has 0 aliphatic rings. The lowest BCUT2D eigenvalue weighted by atomic mass is 10.1. The van der Waals surface area contributed by atoms with Crippen LogP contribution in [0.25, 0.3) is 0 Å². The van der Waals surface area contributed by atoms with Crippen molar-refractivity contribution >= 4 is 11.9 Å². The third-order valence-electron chi connectivity index (χ3n) is 4.69. The van der Waals surface area contributed by atoms with Crippen LogP contribution in [0, 0.1) is 0 Å². The Hall–Kier alpha value is -1.84. The second-order valence-electron chi connectivity index (χ2n) is 7.22. The molecule has 152 valence electrons. The Morgan fingerprint density at radius 1 is 0.852 bits per heavy atom. The van der Waals surface area contributed by atoms with Crippen LogP contribution in [0.5, 0.6) is 5.75 Å². The Morgan fingerprint density at radius 2 is 1.44 bits per heavy atom. The fraction of sp³-hybridized carbons (Fsp3) is 0.652. The molecule has 1 aromatic carbocycles. The van der Waals surface area contributed by atoms with Gasteiger partial charge in [-0.15, -0.1) is 0 Å². The molecule has 0 heterocycles. The summed E-state index contributed by atoms with van der Waals surface area (Å²) in [6.07, 6.45) is 12.2. The number of esters is 1. The van der Waals surface area contributed by atoms with Crippen LogP contribution in [0.15, 0.2) is 30.3 Å². The number of benzene rings is 1. The summed E-state index contributed by atoms with van der Waals surface area (Å²) >= 11 is 0. The molecule has 0 spiro atoms. The molecule has 0 aliphatic carbocycles. The smallest absolute Gasteiger partial charge is 0.334 e. The minimum Gasteiger partial charge on any atom is -0.425 e. The van der Waals surface area contributed by atoms with Gasteiger partial charge in [0, 0.05) is 6.42 Å². The van der Waals surface area contributed by atoms with Crippen LogP contribution in [0.2, 0.25) is 0 Å². The average Bonchev–Trinajstić information content (AvgIpc) is 2.67. The van der Waals surface area contributed by atoms with Gasteiger partial charge in [0.25, 0.3) is 0 Å². The number of amides is 1. The van der Waals surface area contributed by atoms with Gasteiger partial charge in [0.05, 0.1) is 0 Å². The molecule has 0 bridgehead atoms. The van der Waals surface area contributed by atoms with Crippen LogP contribution in [-0.2, 0) is 9.59 Å². The first-order valence-electron chi connectivity index (χ1n) is 10.7. The van der Waals surface area contributed by atoms with Crippen molar-refractivity contribution < 1.29 is 14.3 Å². The minimum absolute atomic E-state index is 0.0462. The Bertz CT molecular complexity index is 516. The van der Waals surface area contributed by atoms with Gasteiger partial charge in [0.1, 0.15) is 11.8 Å². The van der Waals surface area contributed by atoms with Crippen molar-refractivity contribution in [3.05, 3.63) is 30.3 Å². The fourth-order valence-electron chi connectivity index (χ4n) is 3.03. The summed E-state index contributed by atoms with van der Waals surface area (Å²) in [7, 11) is 0. The lowest BCUT2D eigenvalue weighted by molar-refractivity contribution is -0.139. The van der Waals surface area contributed by atoms with Gasteiger partial charge in [-0.05, 0) is 25.0 Å². The zero-order chi connectivity index (χ0) is 19.7. The van der Waals surface area contributed by atoms with Crippen LogP contribution in [0.1, 0.15) is 90.9 Å². The molecule has 4 heteroatoms. The molecular weight excluding hydrogens is 338 g/mol. The van der Waals surface area contributed by atoms with Crippen LogP contribution in [-0.4, -0.2) is 17.9 Å². The van der Waals surface area contributed by atoms with Crippen molar-refractivity contribution in [2.24, 2.45) is 0 Å². The third kappa shape index (κ3) is 11.5. The van der Waals surface area contributed by atoms with Gasteiger partial charge in [0.2, 0.25) is 5.91 Å². The van der Waals surface area contributed by atoms with Crippen LogP contribution in [0.4, 0.5) is 0 Å². The second kappa shape index (κ2) is 15.2. The van der Waals surface area contributed by atoms with Crippen molar-refractivity contribution in [2.75, 3.05) is 0 Å². The highest BCUT2D eigenvalue weighted by atomic mass is 16.5. The predicted molar refractivity (Wildman–Crippen MR) is 111 cm³/mol. The van der Waals surface area contributed by atoms with E-state index in [1.807, 2.05) is 18.2 Å². The summed E-state index contributed by atoms with van der Waals surface area (Å²) in [5.74, 6) is 0.110. The molecule has 1 rings (SSSR count). The van der Waals surface area contributed by atoms with Gasteiger partial charge in [0.15, 0.2) is 0 Å². The lowest BCUT2D eigenvalue weighted by Gasteiger charge is -2.17. The quantitative estimate of drug-likeness (QED) is 0.239. The van der Waals surface area contributed by atoms with Gasteiger partial charge < -0.3 is 10.1 Å². The van der Waals surface area contributed by atoms with E-state index in [4.69, 9.17) is 4.74 Å². The summed E-state index contributed by atoms with van der Waals surface area (Å²) < 4.78 is 5.46. The van der Waals surface area contributed by atoms with Gasteiger partial charge in [-0.1, -0.05) is 89.8 Å². The number of hydrogen-bond donors (Lipinski definition) is 1. The zero-order valence-electron chi connectivity index (χ0n) is 17.2. The summed E-state index contributed by atoms with van der Waals surface area (Å²) in [5.41, 5.74) is 0. The van der Waals surface area contributed by atoms with E-state index in [1.54, 1.807) is 12.1 Å². The summed E-state index contributed by atoms with van der Waals surface area (Å²) in [5, 5.41) is 2.91. The molecule has 1 aromatic rings. The van der Waals surface area contributed by atoms with Gasteiger partial charge >= 0.3 is 5.97 Å². The Kier molecular flexibility index (Phi) is 13.1. The molecular formula is C23H37NO3. The second-order valence-corrected chi connectivity index (χ2v) is 7.22. The van der Waals surface area contributed by atoms with E-state index in [0.29, 0.717) is 18.6 Å². The highest BCUT2D eigenvalue weighted by molar-refractivity contribution is 5.85. The van der Waals surface area contributed by atoms with Crippen molar-refractivity contribution in [2.45, 2.75) is 96.9 Å². The number of para-hydroxylation sites is 1. The van der Waals surface area contributed by atoms with Crippen molar-refractivity contribution in [3.8, 4) is 5.75 Å². The molecule has 4 nitrogen and oxygen atoms in total. The number of ether oxygens (including phenoxy) is 1. The number of carbonyl (C=O) groups excluding carboxylic acids is 2. The number of unbranched alkanes of at least 4 members (excludes halogenated alkanes) is 8. The molecule has 27 heavy (non-hydrogen) atoms. The van der Waals surface area contributed by atoms with Crippen LogP contribution >= 0.6 is 0 Å². The molecule has 0 fully saturated rings. The first kappa shape index (κ1) is 23.2. The van der Waals surface area contributed by atoms with Crippen molar-refractivity contribution in [3.63, 3.8) is 0 Å². The number of hydrogen-bond acceptors (Lipinski definition) is 3. The summed E-state index contributed by atoms with van der Waals surface area (Å²) in [4.78, 5) is 24.8. The standard InChI is InChI=1S/C23H37NO3/c1-3-5-7-9-14-18-21(23(26)27-20-16-12-11-13-17-20)24-22(25)19-15-10-8-6-4-2/h11-13,16-17,21H,3-10,14-15,18-19H2,1-2H3,(H,24,25).